The van der Waals surface area contributed by atoms with E-state index in [1.165, 1.54) is 11.8 Å². The zero-order valence-corrected chi connectivity index (χ0v) is 18.6. The minimum Gasteiger partial charge on any atom is -0.454 e. The molecule has 30 heavy (non-hydrogen) atoms. The molecule has 2 aliphatic heterocycles. The highest BCUT2D eigenvalue weighted by molar-refractivity contribution is 9.10. The van der Waals surface area contributed by atoms with E-state index < -0.39 is 6.23 Å². The van der Waals surface area contributed by atoms with Gasteiger partial charge < -0.3 is 19.5 Å². The molecule has 3 heterocycles. The lowest BCUT2D eigenvalue weighted by molar-refractivity contribution is 0.173. The highest BCUT2D eigenvalue weighted by Gasteiger charge is 2.29. The van der Waals surface area contributed by atoms with Crippen molar-refractivity contribution in [1.82, 2.24) is 15.2 Å². The summed E-state index contributed by atoms with van der Waals surface area (Å²) in [5, 5.41) is 13.0. The van der Waals surface area contributed by atoms with Gasteiger partial charge in [0.15, 0.2) is 23.4 Å². The van der Waals surface area contributed by atoms with E-state index in [0.717, 1.165) is 15.7 Å². The number of nitrogens with one attached hydrogen (secondary N) is 1. The van der Waals surface area contributed by atoms with Gasteiger partial charge in [0.2, 0.25) is 17.8 Å². The molecule has 0 saturated carbocycles. The molecular formula is C20H14BrClN4O3S. The average molecular weight is 506 g/mol. The lowest BCUT2D eigenvalue weighted by Crippen LogP contribution is -2.17. The van der Waals surface area contributed by atoms with E-state index in [9.17, 15) is 0 Å². The van der Waals surface area contributed by atoms with E-state index in [4.69, 9.17) is 25.8 Å². The second-order valence-electron chi connectivity index (χ2n) is 6.41. The van der Waals surface area contributed by atoms with Crippen molar-refractivity contribution in [1.29, 1.82) is 0 Å². The van der Waals surface area contributed by atoms with Gasteiger partial charge in [-0.2, -0.15) is 4.98 Å². The summed E-state index contributed by atoms with van der Waals surface area (Å²) in [5.74, 6) is 2.25. The Hall–Kier alpha value is -2.49. The van der Waals surface area contributed by atoms with Crippen LogP contribution in [0, 0.1) is 0 Å². The lowest BCUT2D eigenvalue weighted by atomic mass is 10.1. The maximum absolute atomic E-state index is 6.55. The molecule has 0 radical (unpaired) electrons. The highest BCUT2D eigenvalue weighted by Crippen LogP contribution is 2.44. The lowest BCUT2D eigenvalue weighted by Gasteiger charge is -2.20. The molecule has 7 nitrogen and oxygen atoms in total. The van der Waals surface area contributed by atoms with Gasteiger partial charge in [-0.25, -0.2) is 0 Å². The summed E-state index contributed by atoms with van der Waals surface area (Å²) in [6, 6.07) is 9.36. The van der Waals surface area contributed by atoms with E-state index in [-0.39, 0.29) is 6.79 Å². The first kappa shape index (κ1) is 19.5. The topological polar surface area (TPSA) is 78.4 Å². The fraction of sp³-hybridized carbons (Fsp3) is 0.150. The number of fused-ring (bicyclic) bond motifs is 4. The van der Waals surface area contributed by atoms with E-state index in [2.05, 4.69) is 43.0 Å². The zero-order valence-electron chi connectivity index (χ0n) is 15.4. The van der Waals surface area contributed by atoms with Crippen molar-refractivity contribution in [3.8, 4) is 28.6 Å². The van der Waals surface area contributed by atoms with E-state index >= 15 is 0 Å². The van der Waals surface area contributed by atoms with Crippen molar-refractivity contribution in [3.63, 3.8) is 0 Å². The Labute approximate surface area is 189 Å². The summed E-state index contributed by atoms with van der Waals surface area (Å²) in [7, 11) is 0. The monoisotopic (exact) mass is 504 g/mol. The van der Waals surface area contributed by atoms with Gasteiger partial charge in [-0.15, -0.1) is 16.8 Å². The zero-order chi connectivity index (χ0) is 20.7. The number of hydrogen-bond donors (Lipinski definition) is 1. The predicted molar refractivity (Wildman–Crippen MR) is 118 cm³/mol. The summed E-state index contributed by atoms with van der Waals surface area (Å²) < 4.78 is 18.1. The molecule has 0 bridgehead atoms. The minimum absolute atomic E-state index is 0.162. The molecule has 1 atom stereocenters. The Morgan fingerprint density at radius 2 is 2.07 bits per heavy atom. The van der Waals surface area contributed by atoms with Crippen molar-refractivity contribution < 1.29 is 14.2 Å². The largest absolute Gasteiger partial charge is 0.454 e. The second kappa shape index (κ2) is 7.98. The van der Waals surface area contributed by atoms with E-state index in [1.807, 2.05) is 24.3 Å². The molecule has 152 valence electrons. The molecule has 1 N–H and O–H groups in total. The van der Waals surface area contributed by atoms with Gasteiger partial charge in [-0.05, 0) is 24.3 Å². The Morgan fingerprint density at radius 3 is 2.90 bits per heavy atom. The van der Waals surface area contributed by atoms with Crippen molar-refractivity contribution in [2.45, 2.75) is 11.4 Å². The summed E-state index contributed by atoms with van der Waals surface area (Å²) in [4.78, 5) is 4.58. The van der Waals surface area contributed by atoms with Crippen LogP contribution in [0.3, 0.4) is 0 Å². The highest BCUT2D eigenvalue weighted by atomic mass is 79.9. The van der Waals surface area contributed by atoms with Crippen LogP contribution in [0.25, 0.3) is 11.3 Å². The van der Waals surface area contributed by atoms with Crippen molar-refractivity contribution >= 4 is 45.0 Å². The van der Waals surface area contributed by atoms with Gasteiger partial charge in [-0.3, -0.25) is 0 Å². The van der Waals surface area contributed by atoms with Gasteiger partial charge in [0, 0.05) is 33.1 Å². The summed E-state index contributed by atoms with van der Waals surface area (Å²) in [6.07, 6.45) is 1.16. The van der Waals surface area contributed by atoms with Crippen LogP contribution in [0.5, 0.6) is 17.4 Å². The summed E-state index contributed by atoms with van der Waals surface area (Å²) in [5.41, 5.74) is 2.87. The van der Waals surface area contributed by atoms with Crippen LogP contribution < -0.4 is 19.5 Å². The Kier molecular flexibility index (Phi) is 5.18. The number of anilines is 1. The molecule has 0 saturated heterocycles. The average Bonchev–Trinajstić information content (AvgIpc) is 3.13. The summed E-state index contributed by atoms with van der Waals surface area (Å²) in [6.45, 7) is 3.89. The maximum atomic E-state index is 6.55. The number of benzene rings is 2. The first-order chi connectivity index (χ1) is 14.6. The number of aromatic nitrogens is 3. The Morgan fingerprint density at radius 1 is 1.23 bits per heavy atom. The van der Waals surface area contributed by atoms with Gasteiger partial charge in [0.1, 0.15) is 0 Å². The molecule has 5 rings (SSSR count). The number of rotatable bonds is 4. The van der Waals surface area contributed by atoms with Crippen LogP contribution in [-0.4, -0.2) is 27.7 Å². The van der Waals surface area contributed by atoms with Crippen LogP contribution in [0.15, 0.2) is 52.6 Å². The van der Waals surface area contributed by atoms with Gasteiger partial charge in [0.25, 0.3) is 0 Å². The molecule has 10 heteroatoms. The van der Waals surface area contributed by atoms with Crippen LogP contribution >= 0.6 is 39.3 Å². The van der Waals surface area contributed by atoms with Gasteiger partial charge in [0.05, 0.1) is 5.02 Å². The van der Waals surface area contributed by atoms with Crippen LogP contribution in [0.4, 0.5) is 5.69 Å². The van der Waals surface area contributed by atoms with Crippen molar-refractivity contribution in [3.05, 3.63) is 58.0 Å². The molecule has 1 aromatic heterocycles. The normalized spacial score (nSPS) is 16.0. The number of nitrogens with zero attached hydrogens (tertiary/aromatic N) is 3. The molecule has 2 aromatic carbocycles. The van der Waals surface area contributed by atoms with E-state index in [0.29, 0.717) is 44.6 Å². The molecule has 0 spiro atoms. The minimum atomic E-state index is -0.623. The number of halogens is 2. The van der Waals surface area contributed by atoms with Crippen molar-refractivity contribution in [2.24, 2.45) is 0 Å². The summed E-state index contributed by atoms with van der Waals surface area (Å²) >= 11 is 11.5. The van der Waals surface area contributed by atoms with E-state index in [1.54, 1.807) is 12.1 Å². The first-order valence-electron chi connectivity index (χ1n) is 8.93. The molecule has 0 aliphatic carbocycles. The Bertz CT molecular complexity index is 1160. The fourth-order valence-corrected chi connectivity index (χ4v) is 4.27. The smallest absolute Gasteiger partial charge is 0.247 e. The van der Waals surface area contributed by atoms with Gasteiger partial charge in [-0.1, -0.05) is 45.4 Å². The second-order valence-corrected chi connectivity index (χ2v) is 8.72. The molecule has 0 amide bonds. The molecule has 1 unspecified atom stereocenters. The standard InChI is InChI=1S/C20H14BrClN4O3S/c1-2-5-30-20-24-19-17(25-26-20)12-6-10(21)3-4-14(12)23-18(29-19)11-7-15-16(8-13(11)22)28-9-27-15/h2-4,6-8,18,23H,1,5,9H2. The molecular weight excluding hydrogens is 492 g/mol. The molecule has 3 aromatic rings. The van der Waals surface area contributed by atoms with Crippen molar-refractivity contribution in [2.75, 3.05) is 17.9 Å². The number of hydrogen-bond acceptors (Lipinski definition) is 8. The first-order valence-corrected chi connectivity index (χ1v) is 11.1. The SMILES string of the molecule is C=CCSc1nnc2c(n1)OC(c1cc3c(cc1Cl)OCO3)Nc1ccc(Br)cc1-2. The predicted octanol–water partition coefficient (Wildman–Crippen LogP) is 5.46. The maximum Gasteiger partial charge on any atom is 0.247 e. The van der Waals surface area contributed by atoms with Crippen LogP contribution in [0.1, 0.15) is 11.8 Å². The molecule has 0 fully saturated rings. The third-order valence-electron chi connectivity index (χ3n) is 4.49. The third kappa shape index (κ3) is 3.57. The van der Waals surface area contributed by atoms with Crippen LogP contribution in [0.2, 0.25) is 5.02 Å². The molecule has 2 aliphatic rings. The number of thioether (sulfide) groups is 1. The Balaban J connectivity index is 1.62. The van der Waals surface area contributed by atoms with Crippen LogP contribution in [-0.2, 0) is 0 Å². The van der Waals surface area contributed by atoms with Gasteiger partial charge >= 0.3 is 0 Å². The quantitative estimate of drug-likeness (QED) is 0.370. The number of ether oxygens (including phenoxy) is 3. The fourth-order valence-electron chi connectivity index (χ4n) is 3.14. The third-order valence-corrected chi connectivity index (χ3v) is 6.15.